The van der Waals surface area contributed by atoms with Crippen LogP contribution >= 0.6 is 0 Å². The number of hydrogen-bond donors (Lipinski definition) is 0. The monoisotopic (exact) mass is 342 g/mol. The summed E-state index contributed by atoms with van der Waals surface area (Å²) < 4.78 is 4.17. The number of aryl methyl sites for hydroxylation is 1. The summed E-state index contributed by atoms with van der Waals surface area (Å²) in [7, 11) is 2.03. The van der Waals surface area contributed by atoms with Crippen molar-refractivity contribution in [3.8, 4) is 0 Å². The average molecular weight is 342 g/mol. The van der Waals surface area contributed by atoms with Crippen molar-refractivity contribution >= 4 is 5.91 Å². The Bertz CT molecular complexity index is 759. The Hall–Kier alpha value is -2.18. The lowest BCUT2D eigenvalue weighted by atomic mass is 9.83. The summed E-state index contributed by atoms with van der Waals surface area (Å²) in [4.78, 5) is 18.9. The molecule has 7 nitrogen and oxygen atoms in total. The van der Waals surface area contributed by atoms with Gasteiger partial charge in [0.15, 0.2) is 5.82 Å². The van der Waals surface area contributed by atoms with Gasteiger partial charge in [-0.2, -0.15) is 0 Å². The van der Waals surface area contributed by atoms with E-state index in [1.807, 2.05) is 20.2 Å². The van der Waals surface area contributed by atoms with Gasteiger partial charge in [-0.05, 0) is 32.6 Å². The van der Waals surface area contributed by atoms with Crippen LogP contribution in [0.2, 0.25) is 0 Å². The molecular weight excluding hydrogens is 316 g/mol. The second-order valence-electron chi connectivity index (χ2n) is 7.39. The third kappa shape index (κ3) is 3.07. The second kappa shape index (κ2) is 6.61. The first-order valence-electron chi connectivity index (χ1n) is 9.28. The van der Waals surface area contributed by atoms with E-state index in [1.165, 1.54) is 6.42 Å². The number of amides is 1. The quantitative estimate of drug-likeness (QED) is 0.851. The molecule has 134 valence electrons. The van der Waals surface area contributed by atoms with Gasteiger partial charge in [0.25, 0.3) is 0 Å². The fourth-order valence-electron chi connectivity index (χ4n) is 3.89. The van der Waals surface area contributed by atoms with Crippen LogP contribution in [0.25, 0.3) is 0 Å². The molecule has 2 aliphatic rings. The van der Waals surface area contributed by atoms with Gasteiger partial charge in [-0.25, -0.2) is 4.98 Å². The Morgan fingerprint density at radius 2 is 2.08 bits per heavy atom. The molecule has 0 spiro atoms. The molecule has 1 aliphatic heterocycles. The molecule has 1 aliphatic carbocycles. The molecule has 25 heavy (non-hydrogen) atoms. The highest BCUT2D eigenvalue weighted by Crippen LogP contribution is 2.32. The lowest BCUT2D eigenvalue weighted by molar-refractivity contribution is -0.139. The van der Waals surface area contributed by atoms with Crippen LogP contribution in [0.3, 0.4) is 0 Å². The summed E-state index contributed by atoms with van der Waals surface area (Å²) in [6.45, 7) is 4.34. The minimum atomic E-state index is 0.276. The maximum absolute atomic E-state index is 12.6. The maximum atomic E-state index is 12.6. The van der Waals surface area contributed by atoms with Crippen LogP contribution in [-0.4, -0.2) is 48.2 Å². The third-order valence-corrected chi connectivity index (χ3v) is 5.79. The first-order valence-corrected chi connectivity index (χ1v) is 9.28. The summed E-state index contributed by atoms with van der Waals surface area (Å²) >= 11 is 0. The molecule has 2 aromatic heterocycles. The van der Waals surface area contributed by atoms with Crippen LogP contribution in [0.4, 0.5) is 0 Å². The molecule has 3 heterocycles. The highest BCUT2D eigenvalue weighted by atomic mass is 16.2. The second-order valence-corrected chi connectivity index (χ2v) is 7.39. The van der Waals surface area contributed by atoms with Crippen molar-refractivity contribution in [2.45, 2.75) is 51.5 Å². The van der Waals surface area contributed by atoms with Gasteiger partial charge in [-0.1, -0.05) is 6.42 Å². The number of likely N-dealkylation sites (tertiary alicyclic amines) is 1. The number of hydrogen-bond acceptors (Lipinski definition) is 4. The van der Waals surface area contributed by atoms with Crippen LogP contribution in [0, 0.1) is 12.8 Å². The van der Waals surface area contributed by atoms with Gasteiger partial charge in [0.1, 0.15) is 11.6 Å². The van der Waals surface area contributed by atoms with Gasteiger partial charge in [0.05, 0.1) is 6.54 Å². The zero-order valence-electron chi connectivity index (χ0n) is 15.1. The molecule has 1 amide bonds. The van der Waals surface area contributed by atoms with E-state index in [1.54, 1.807) is 6.20 Å². The van der Waals surface area contributed by atoms with E-state index in [2.05, 4.69) is 29.2 Å². The van der Waals surface area contributed by atoms with Crippen LogP contribution < -0.4 is 0 Å². The van der Waals surface area contributed by atoms with E-state index >= 15 is 0 Å². The number of carbonyl (C=O) groups excluding carboxylic acids is 1. The Morgan fingerprint density at radius 3 is 2.76 bits per heavy atom. The minimum Gasteiger partial charge on any atom is -0.342 e. The van der Waals surface area contributed by atoms with E-state index in [0.29, 0.717) is 12.5 Å². The zero-order chi connectivity index (χ0) is 17.4. The molecule has 0 radical (unpaired) electrons. The maximum Gasteiger partial charge on any atom is 0.225 e. The Balaban J connectivity index is 1.47. The summed E-state index contributed by atoms with van der Waals surface area (Å²) in [6.07, 6.45) is 9.22. The first-order chi connectivity index (χ1) is 12.1. The largest absolute Gasteiger partial charge is 0.342 e. The fourth-order valence-corrected chi connectivity index (χ4v) is 3.89. The van der Waals surface area contributed by atoms with Crippen molar-refractivity contribution in [1.29, 1.82) is 0 Å². The fraction of sp³-hybridized carbons (Fsp3) is 0.667. The average Bonchev–Trinajstić information content (AvgIpc) is 3.13. The summed E-state index contributed by atoms with van der Waals surface area (Å²) in [5, 5.41) is 8.86. The topological polar surface area (TPSA) is 68.8 Å². The van der Waals surface area contributed by atoms with Crippen LogP contribution in [0.15, 0.2) is 12.4 Å². The lowest BCUT2D eigenvalue weighted by Gasteiger charge is -2.36. The molecule has 0 unspecified atom stereocenters. The first kappa shape index (κ1) is 16.3. The summed E-state index contributed by atoms with van der Waals surface area (Å²) in [6, 6.07) is 0. The van der Waals surface area contributed by atoms with E-state index in [0.717, 1.165) is 56.2 Å². The molecule has 1 saturated heterocycles. The standard InChI is InChI=1S/C18H26N6O/c1-13-19-8-10-23(13)12-16-20-21-17(22(16)2)15-7-4-9-24(11-15)18(25)14-5-3-6-14/h8,10,14-15H,3-7,9,11-12H2,1-2H3/t15-/m0/s1. The van der Waals surface area contributed by atoms with Crippen LogP contribution in [0.5, 0.6) is 0 Å². The van der Waals surface area contributed by atoms with Crippen LogP contribution in [0.1, 0.15) is 55.5 Å². The third-order valence-electron chi connectivity index (χ3n) is 5.79. The molecule has 2 aromatic rings. The van der Waals surface area contributed by atoms with Crippen molar-refractivity contribution in [3.05, 3.63) is 29.9 Å². The molecule has 7 heteroatoms. The van der Waals surface area contributed by atoms with Gasteiger partial charge in [0, 0.05) is 44.4 Å². The van der Waals surface area contributed by atoms with Crippen molar-refractivity contribution < 1.29 is 4.79 Å². The van der Waals surface area contributed by atoms with E-state index in [4.69, 9.17) is 0 Å². The van der Waals surface area contributed by atoms with E-state index in [-0.39, 0.29) is 11.8 Å². The number of carbonyl (C=O) groups is 1. The normalized spacial score (nSPS) is 21.4. The number of imidazole rings is 1. The van der Waals surface area contributed by atoms with Gasteiger partial charge in [-0.3, -0.25) is 4.79 Å². The van der Waals surface area contributed by atoms with Gasteiger partial charge in [-0.15, -0.1) is 10.2 Å². The van der Waals surface area contributed by atoms with Crippen molar-refractivity contribution in [2.75, 3.05) is 13.1 Å². The molecule has 2 fully saturated rings. The Kier molecular flexibility index (Phi) is 4.31. The Labute approximate surface area is 148 Å². The Morgan fingerprint density at radius 1 is 1.24 bits per heavy atom. The van der Waals surface area contributed by atoms with E-state index < -0.39 is 0 Å². The van der Waals surface area contributed by atoms with Crippen molar-refractivity contribution in [1.82, 2.24) is 29.2 Å². The molecule has 0 bridgehead atoms. The molecular formula is C18H26N6O. The SMILES string of the molecule is Cc1nccn1Cc1nnc([C@H]2CCCN(C(=O)C3CCC3)C2)n1C. The number of nitrogens with zero attached hydrogens (tertiary/aromatic N) is 6. The van der Waals surface area contributed by atoms with Crippen LogP contribution in [-0.2, 0) is 18.4 Å². The van der Waals surface area contributed by atoms with Crippen molar-refractivity contribution in [3.63, 3.8) is 0 Å². The molecule has 4 rings (SSSR count). The number of rotatable bonds is 4. The van der Waals surface area contributed by atoms with Gasteiger partial charge >= 0.3 is 0 Å². The highest BCUT2D eigenvalue weighted by molar-refractivity contribution is 5.79. The molecule has 1 atom stereocenters. The van der Waals surface area contributed by atoms with Gasteiger partial charge < -0.3 is 14.0 Å². The van der Waals surface area contributed by atoms with E-state index in [9.17, 15) is 4.79 Å². The molecule has 1 saturated carbocycles. The lowest BCUT2D eigenvalue weighted by Crippen LogP contribution is -2.44. The molecule has 0 aromatic carbocycles. The van der Waals surface area contributed by atoms with Gasteiger partial charge in [0.2, 0.25) is 5.91 Å². The predicted molar refractivity (Wildman–Crippen MR) is 93.0 cm³/mol. The minimum absolute atomic E-state index is 0.276. The van der Waals surface area contributed by atoms with Crippen molar-refractivity contribution in [2.24, 2.45) is 13.0 Å². The highest BCUT2D eigenvalue weighted by Gasteiger charge is 2.33. The zero-order valence-corrected chi connectivity index (χ0v) is 15.1. The number of piperidine rings is 1. The predicted octanol–water partition coefficient (Wildman–Crippen LogP) is 1.87. The smallest absolute Gasteiger partial charge is 0.225 e. The summed E-state index contributed by atoms with van der Waals surface area (Å²) in [5.74, 6) is 3.82. The number of aromatic nitrogens is 5. The summed E-state index contributed by atoms with van der Waals surface area (Å²) in [5.41, 5.74) is 0. The molecule has 0 N–H and O–H groups in total.